The van der Waals surface area contributed by atoms with Crippen LogP contribution in [0.1, 0.15) is 49.3 Å². The lowest BCUT2D eigenvalue weighted by atomic mass is 9.94. The van der Waals surface area contributed by atoms with Crippen LogP contribution in [-0.4, -0.2) is 57.6 Å². The number of amides is 3. The van der Waals surface area contributed by atoms with Gasteiger partial charge in [0.1, 0.15) is 5.01 Å². The third-order valence-corrected chi connectivity index (χ3v) is 9.17. The first kappa shape index (κ1) is 26.3. The van der Waals surface area contributed by atoms with Crippen LogP contribution in [0.5, 0.6) is 0 Å². The fourth-order valence-corrected chi connectivity index (χ4v) is 6.86. The Hall–Kier alpha value is -3.89. The molecule has 2 aromatic heterocycles. The topological polar surface area (TPSA) is 86.7 Å². The summed E-state index contributed by atoms with van der Waals surface area (Å²) in [6.45, 7) is 3.90. The number of hydrogen-bond donors (Lipinski definition) is 0. The summed E-state index contributed by atoms with van der Waals surface area (Å²) in [6, 6.07) is 15.3. The van der Waals surface area contributed by atoms with Gasteiger partial charge in [0, 0.05) is 42.4 Å². The summed E-state index contributed by atoms with van der Waals surface area (Å²) >= 11 is 3.03. The Morgan fingerprint density at radius 1 is 0.975 bits per heavy atom. The Morgan fingerprint density at radius 2 is 1.75 bits per heavy atom. The van der Waals surface area contributed by atoms with Crippen LogP contribution in [0.15, 0.2) is 59.3 Å². The van der Waals surface area contributed by atoms with Gasteiger partial charge in [0.15, 0.2) is 0 Å². The quantitative estimate of drug-likeness (QED) is 0.282. The van der Waals surface area contributed by atoms with Crippen molar-refractivity contribution >= 4 is 46.1 Å². The van der Waals surface area contributed by atoms with Crippen molar-refractivity contribution in [2.75, 3.05) is 25.0 Å². The molecule has 4 heterocycles. The highest BCUT2D eigenvalue weighted by atomic mass is 32.1. The summed E-state index contributed by atoms with van der Waals surface area (Å²) < 4.78 is 0. The van der Waals surface area contributed by atoms with Crippen LogP contribution in [0, 0.1) is 12.8 Å². The largest absolute Gasteiger partial charge is 0.371 e. The second-order valence-electron chi connectivity index (χ2n) is 10.2. The number of carbonyl (C=O) groups is 3. The average molecular weight is 572 g/mol. The number of aryl methyl sites for hydroxylation is 1. The van der Waals surface area contributed by atoms with Crippen molar-refractivity contribution < 1.29 is 14.4 Å². The monoisotopic (exact) mass is 571 g/mol. The van der Waals surface area contributed by atoms with Gasteiger partial charge in [-0.1, -0.05) is 36.4 Å². The SMILES string of the molecule is Cc1nc(CN(C)C(=O)C2CCN(c3cccc4c3C(=O)N(Cc3nc(-c5ccccc5)cs3)C4=O)CC2)cs1. The van der Waals surface area contributed by atoms with Gasteiger partial charge in [-0.3, -0.25) is 19.3 Å². The van der Waals surface area contributed by atoms with Crippen LogP contribution in [0.25, 0.3) is 11.3 Å². The summed E-state index contributed by atoms with van der Waals surface area (Å²) in [6.07, 6.45) is 1.38. The second-order valence-corrected chi connectivity index (χ2v) is 12.2. The zero-order valence-electron chi connectivity index (χ0n) is 22.4. The van der Waals surface area contributed by atoms with Crippen molar-refractivity contribution in [2.45, 2.75) is 32.9 Å². The summed E-state index contributed by atoms with van der Waals surface area (Å²) in [5.41, 5.74) is 4.40. The molecule has 0 bridgehead atoms. The van der Waals surface area contributed by atoms with E-state index in [0.29, 0.717) is 48.6 Å². The number of aromatic nitrogens is 2. The number of rotatable bonds is 7. The first-order chi connectivity index (χ1) is 19.4. The normalized spacial score (nSPS) is 15.6. The van der Waals surface area contributed by atoms with Crippen LogP contribution in [-0.2, 0) is 17.9 Å². The van der Waals surface area contributed by atoms with Gasteiger partial charge < -0.3 is 9.80 Å². The Balaban J connectivity index is 1.13. The van der Waals surface area contributed by atoms with Gasteiger partial charge in [0.25, 0.3) is 11.8 Å². The van der Waals surface area contributed by atoms with Crippen molar-refractivity contribution in [3.8, 4) is 11.3 Å². The first-order valence-corrected chi connectivity index (χ1v) is 15.0. The lowest BCUT2D eigenvalue weighted by molar-refractivity contribution is -0.135. The smallest absolute Gasteiger partial charge is 0.264 e. The number of piperidine rings is 1. The predicted octanol–water partition coefficient (Wildman–Crippen LogP) is 5.25. The van der Waals surface area contributed by atoms with E-state index < -0.39 is 0 Å². The molecule has 2 aliphatic rings. The number of nitrogens with zero attached hydrogens (tertiary/aromatic N) is 5. The fraction of sp³-hybridized carbons (Fsp3) is 0.300. The molecule has 0 N–H and O–H groups in total. The molecule has 0 aliphatic carbocycles. The van der Waals surface area contributed by atoms with Crippen molar-refractivity contribution in [3.63, 3.8) is 0 Å². The number of fused-ring (bicyclic) bond motifs is 1. The minimum absolute atomic E-state index is 0.0738. The summed E-state index contributed by atoms with van der Waals surface area (Å²) in [7, 11) is 1.83. The predicted molar refractivity (Wildman–Crippen MR) is 156 cm³/mol. The van der Waals surface area contributed by atoms with Crippen LogP contribution in [0.2, 0.25) is 0 Å². The molecule has 0 spiro atoms. The highest BCUT2D eigenvalue weighted by Gasteiger charge is 2.39. The molecule has 10 heteroatoms. The zero-order chi connectivity index (χ0) is 27.8. The lowest BCUT2D eigenvalue weighted by Gasteiger charge is -2.35. The summed E-state index contributed by atoms with van der Waals surface area (Å²) in [5, 5.41) is 5.66. The molecule has 0 radical (unpaired) electrons. The molecule has 0 unspecified atom stereocenters. The van der Waals surface area contributed by atoms with Gasteiger partial charge in [-0.25, -0.2) is 9.97 Å². The van der Waals surface area contributed by atoms with Gasteiger partial charge in [-0.05, 0) is 31.9 Å². The van der Waals surface area contributed by atoms with E-state index in [2.05, 4.69) is 14.9 Å². The maximum Gasteiger partial charge on any atom is 0.264 e. The van der Waals surface area contributed by atoms with E-state index in [1.165, 1.54) is 16.2 Å². The summed E-state index contributed by atoms with van der Waals surface area (Å²) in [5.74, 6) is -0.527. The lowest BCUT2D eigenvalue weighted by Crippen LogP contribution is -2.41. The van der Waals surface area contributed by atoms with Crippen LogP contribution < -0.4 is 4.90 Å². The van der Waals surface area contributed by atoms with E-state index in [-0.39, 0.29) is 30.2 Å². The van der Waals surface area contributed by atoms with Gasteiger partial charge in [-0.15, -0.1) is 22.7 Å². The van der Waals surface area contributed by atoms with Gasteiger partial charge in [0.2, 0.25) is 5.91 Å². The van der Waals surface area contributed by atoms with E-state index in [0.717, 1.165) is 27.6 Å². The summed E-state index contributed by atoms with van der Waals surface area (Å²) in [4.78, 5) is 54.3. The Morgan fingerprint density at radius 3 is 2.48 bits per heavy atom. The van der Waals surface area contributed by atoms with Crippen molar-refractivity contribution in [3.05, 3.63) is 86.1 Å². The molecule has 4 aromatic rings. The van der Waals surface area contributed by atoms with Crippen LogP contribution in [0.3, 0.4) is 0 Å². The van der Waals surface area contributed by atoms with E-state index in [4.69, 9.17) is 0 Å². The second kappa shape index (κ2) is 10.9. The molecule has 2 aliphatic heterocycles. The number of thiazole rings is 2. The first-order valence-electron chi connectivity index (χ1n) is 13.3. The number of carbonyl (C=O) groups excluding carboxylic acids is 3. The molecule has 204 valence electrons. The highest BCUT2D eigenvalue weighted by Crippen LogP contribution is 2.35. The Labute approximate surface area is 240 Å². The molecule has 1 saturated heterocycles. The Bertz CT molecular complexity index is 1570. The third kappa shape index (κ3) is 5.04. The molecule has 1 fully saturated rings. The zero-order valence-corrected chi connectivity index (χ0v) is 24.0. The average Bonchev–Trinajstić information content (AvgIpc) is 3.68. The molecular formula is C30H29N5O3S2. The Kier molecular flexibility index (Phi) is 7.20. The molecule has 2 aromatic carbocycles. The molecule has 40 heavy (non-hydrogen) atoms. The van der Waals surface area contributed by atoms with Gasteiger partial charge in [-0.2, -0.15) is 0 Å². The third-order valence-electron chi connectivity index (χ3n) is 7.52. The van der Waals surface area contributed by atoms with Crippen LogP contribution >= 0.6 is 22.7 Å². The highest BCUT2D eigenvalue weighted by molar-refractivity contribution is 7.10. The number of benzene rings is 2. The number of anilines is 1. The van der Waals surface area contributed by atoms with E-state index in [1.54, 1.807) is 22.3 Å². The van der Waals surface area contributed by atoms with E-state index in [9.17, 15) is 14.4 Å². The maximum absolute atomic E-state index is 13.6. The number of imide groups is 1. The molecular weight excluding hydrogens is 542 g/mol. The number of hydrogen-bond acceptors (Lipinski definition) is 8. The molecule has 0 atom stereocenters. The van der Waals surface area contributed by atoms with E-state index in [1.807, 2.05) is 67.2 Å². The molecule has 6 rings (SSSR count). The standard InChI is InChI=1S/C30H29N5O3S2/c1-19-31-22(17-39-19)15-33(2)28(36)21-11-13-34(14-12-21)25-10-6-9-23-27(25)30(38)35(29(23)37)16-26-32-24(18-40-26)20-7-4-3-5-8-20/h3-10,17-18,21H,11-16H2,1-2H3. The minimum atomic E-state index is -0.290. The van der Waals surface area contributed by atoms with Crippen LogP contribution in [0.4, 0.5) is 5.69 Å². The maximum atomic E-state index is 13.6. The van der Waals surface area contributed by atoms with Crippen molar-refractivity contribution in [1.29, 1.82) is 0 Å². The molecule has 3 amide bonds. The van der Waals surface area contributed by atoms with Crippen molar-refractivity contribution in [2.24, 2.45) is 5.92 Å². The van der Waals surface area contributed by atoms with Crippen molar-refractivity contribution in [1.82, 2.24) is 19.8 Å². The fourth-order valence-electron chi connectivity index (χ4n) is 5.46. The van der Waals surface area contributed by atoms with Gasteiger partial charge in [0.05, 0.1) is 46.3 Å². The molecule has 8 nitrogen and oxygen atoms in total. The van der Waals surface area contributed by atoms with E-state index >= 15 is 0 Å². The minimum Gasteiger partial charge on any atom is -0.371 e. The molecule has 0 saturated carbocycles. The van der Waals surface area contributed by atoms with Gasteiger partial charge >= 0.3 is 0 Å².